The highest BCUT2D eigenvalue weighted by Crippen LogP contribution is 2.11. The highest BCUT2D eigenvalue weighted by Gasteiger charge is 2.25. The minimum absolute atomic E-state index is 0. The molecule has 2 aliphatic rings. The molecule has 0 bridgehead atoms. The summed E-state index contributed by atoms with van der Waals surface area (Å²) in [5.41, 5.74) is 1.92. The molecule has 2 saturated heterocycles. The summed E-state index contributed by atoms with van der Waals surface area (Å²) in [6.45, 7) is 7.23. The molecule has 0 saturated carbocycles. The monoisotopic (exact) mass is 404 g/mol. The van der Waals surface area contributed by atoms with E-state index in [1.807, 2.05) is 24.3 Å². The van der Waals surface area contributed by atoms with E-state index in [1.54, 1.807) is 0 Å². The molecular formula is C18H30Cl2N4O2. The molecule has 26 heavy (non-hydrogen) atoms. The number of nitrogens with zero attached hydrogens (tertiary/aromatic N) is 2. The van der Waals surface area contributed by atoms with Crippen molar-refractivity contribution < 1.29 is 9.90 Å². The largest absolute Gasteiger partial charge is 0.391 e. The standard InChI is InChI=1S/C18H28N4O2.2ClH/c1-21-6-8-22(9-7-21)13-14-2-4-15(5-3-14)18(24)20-11-16-10-19-12-17(16)23;;/h2-5,16-17,19,23H,6-13H2,1H3,(H,20,24);2*1H. The van der Waals surface area contributed by atoms with Crippen molar-refractivity contribution >= 4 is 30.7 Å². The van der Waals surface area contributed by atoms with Crippen molar-refractivity contribution in [1.82, 2.24) is 20.4 Å². The van der Waals surface area contributed by atoms with Gasteiger partial charge in [-0.3, -0.25) is 9.69 Å². The zero-order chi connectivity index (χ0) is 16.9. The van der Waals surface area contributed by atoms with Gasteiger partial charge in [0.05, 0.1) is 6.10 Å². The van der Waals surface area contributed by atoms with Gasteiger partial charge in [-0.05, 0) is 24.7 Å². The second-order valence-electron chi connectivity index (χ2n) is 6.97. The summed E-state index contributed by atoms with van der Waals surface area (Å²) < 4.78 is 0. The first kappa shape index (κ1) is 23.1. The smallest absolute Gasteiger partial charge is 0.251 e. The number of carbonyl (C=O) groups is 1. The number of aliphatic hydroxyl groups is 1. The summed E-state index contributed by atoms with van der Waals surface area (Å²) in [6, 6.07) is 7.87. The maximum Gasteiger partial charge on any atom is 0.251 e. The maximum absolute atomic E-state index is 12.2. The van der Waals surface area contributed by atoms with Crippen LogP contribution in [0.2, 0.25) is 0 Å². The normalized spacial score (nSPS) is 23.8. The Kier molecular flexibility index (Phi) is 9.85. The molecule has 0 radical (unpaired) electrons. The number of likely N-dealkylation sites (N-methyl/N-ethyl adjacent to an activating group) is 1. The minimum Gasteiger partial charge on any atom is -0.391 e. The van der Waals surface area contributed by atoms with Crippen molar-refractivity contribution in [3.63, 3.8) is 0 Å². The van der Waals surface area contributed by atoms with E-state index in [1.165, 1.54) is 5.56 Å². The number of piperazine rings is 1. The molecule has 1 aromatic carbocycles. The van der Waals surface area contributed by atoms with Gasteiger partial charge in [0.25, 0.3) is 5.91 Å². The van der Waals surface area contributed by atoms with Gasteiger partial charge in [-0.15, -0.1) is 24.8 Å². The molecule has 3 rings (SSSR count). The molecule has 0 aliphatic carbocycles. The quantitative estimate of drug-likeness (QED) is 0.669. The summed E-state index contributed by atoms with van der Waals surface area (Å²) in [4.78, 5) is 17.0. The first-order chi connectivity index (χ1) is 11.6. The van der Waals surface area contributed by atoms with Gasteiger partial charge in [-0.2, -0.15) is 0 Å². The topological polar surface area (TPSA) is 67.8 Å². The number of hydrogen-bond donors (Lipinski definition) is 3. The van der Waals surface area contributed by atoms with Crippen LogP contribution in [0.15, 0.2) is 24.3 Å². The molecule has 6 nitrogen and oxygen atoms in total. The number of hydrogen-bond acceptors (Lipinski definition) is 5. The van der Waals surface area contributed by atoms with Gasteiger partial charge < -0.3 is 20.6 Å². The number of amides is 1. The highest BCUT2D eigenvalue weighted by atomic mass is 35.5. The van der Waals surface area contributed by atoms with E-state index in [2.05, 4.69) is 27.5 Å². The van der Waals surface area contributed by atoms with Crippen LogP contribution in [-0.4, -0.2) is 79.8 Å². The van der Waals surface area contributed by atoms with Crippen LogP contribution in [-0.2, 0) is 6.54 Å². The second-order valence-corrected chi connectivity index (χ2v) is 6.97. The van der Waals surface area contributed by atoms with Crippen molar-refractivity contribution in [3.8, 4) is 0 Å². The van der Waals surface area contributed by atoms with Gasteiger partial charge in [-0.1, -0.05) is 12.1 Å². The van der Waals surface area contributed by atoms with E-state index in [4.69, 9.17) is 0 Å². The molecule has 2 heterocycles. The lowest BCUT2D eigenvalue weighted by molar-refractivity contribution is 0.0927. The SMILES string of the molecule is CN1CCN(Cc2ccc(C(=O)NCC3CNCC3O)cc2)CC1.Cl.Cl. The molecule has 2 aliphatic heterocycles. The molecule has 2 unspecified atom stereocenters. The van der Waals surface area contributed by atoms with Crippen molar-refractivity contribution in [2.24, 2.45) is 5.92 Å². The Bertz CT molecular complexity index is 551. The van der Waals surface area contributed by atoms with Crippen LogP contribution in [0.4, 0.5) is 0 Å². The van der Waals surface area contributed by atoms with Gasteiger partial charge in [0, 0.05) is 63.8 Å². The Balaban J connectivity index is 0.00000169. The summed E-state index contributed by atoms with van der Waals surface area (Å²) >= 11 is 0. The van der Waals surface area contributed by atoms with Crippen LogP contribution in [0.25, 0.3) is 0 Å². The number of aliphatic hydroxyl groups excluding tert-OH is 1. The Labute approximate surface area is 168 Å². The van der Waals surface area contributed by atoms with Gasteiger partial charge in [0.15, 0.2) is 0 Å². The lowest BCUT2D eigenvalue weighted by atomic mass is 10.1. The second kappa shape index (κ2) is 11.1. The first-order valence-electron chi connectivity index (χ1n) is 8.78. The average molecular weight is 405 g/mol. The molecule has 1 amide bonds. The van der Waals surface area contributed by atoms with Crippen LogP contribution in [0.5, 0.6) is 0 Å². The van der Waals surface area contributed by atoms with Crippen molar-refractivity contribution in [2.75, 3.05) is 52.9 Å². The van der Waals surface area contributed by atoms with Crippen molar-refractivity contribution in [3.05, 3.63) is 35.4 Å². The van der Waals surface area contributed by atoms with E-state index < -0.39 is 0 Å². The number of β-amino-alcohol motifs (C(OH)–C–C–N with tert-alkyl or cyclic N) is 1. The molecule has 0 aromatic heterocycles. The Morgan fingerprint density at radius 1 is 1.15 bits per heavy atom. The fourth-order valence-electron chi connectivity index (χ4n) is 3.28. The number of benzene rings is 1. The molecule has 0 spiro atoms. The van der Waals surface area contributed by atoms with E-state index in [9.17, 15) is 9.90 Å². The highest BCUT2D eigenvalue weighted by molar-refractivity contribution is 5.94. The maximum atomic E-state index is 12.2. The number of carbonyl (C=O) groups excluding carboxylic acids is 1. The third-order valence-electron chi connectivity index (χ3n) is 5.05. The Hall–Kier alpha value is -0.890. The lowest BCUT2D eigenvalue weighted by Crippen LogP contribution is -2.43. The molecule has 8 heteroatoms. The van der Waals surface area contributed by atoms with Crippen molar-refractivity contribution in [1.29, 1.82) is 0 Å². The molecule has 2 atom stereocenters. The molecular weight excluding hydrogens is 375 g/mol. The van der Waals surface area contributed by atoms with Gasteiger partial charge in [0.2, 0.25) is 0 Å². The van der Waals surface area contributed by atoms with Crippen LogP contribution in [0.3, 0.4) is 0 Å². The Morgan fingerprint density at radius 2 is 1.81 bits per heavy atom. The molecule has 148 valence electrons. The van der Waals surface area contributed by atoms with Crippen LogP contribution >= 0.6 is 24.8 Å². The number of halogens is 2. The van der Waals surface area contributed by atoms with Crippen LogP contribution in [0.1, 0.15) is 15.9 Å². The zero-order valence-electron chi connectivity index (χ0n) is 15.2. The predicted octanol–water partition coefficient (Wildman–Crippen LogP) is 0.588. The predicted molar refractivity (Wildman–Crippen MR) is 108 cm³/mol. The third kappa shape index (κ3) is 6.37. The van der Waals surface area contributed by atoms with E-state index in [0.29, 0.717) is 18.7 Å². The molecule has 3 N–H and O–H groups in total. The Morgan fingerprint density at radius 3 is 2.38 bits per heavy atom. The van der Waals surface area contributed by atoms with Crippen LogP contribution < -0.4 is 10.6 Å². The summed E-state index contributed by atoms with van der Waals surface area (Å²) in [7, 11) is 2.16. The van der Waals surface area contributed by atoms with E-state index >= 15 is 0 Å². The lowest BCUT2D eigenvalue weighted by Gasteiger charge is -2.32. The van der Waals surface area contributed by atoms with Crippen LogP contribution in [0, 0.1) is 5.92 Å². The number of rotatable bonds is 5. The number of nitrogens with one attached hydrogen (secondary N) is 2. The third-order valence-corrected chi connectivity index (χ3v) is 5.05. The van der Waals surface area contributed by atoms with E-state index in [-0.39, 0.29) is 42.7 Å². The molecule has 1 aromatic rings. The minimum atomic E-state index is -0.365. The van der Waals surface area contributed by atoms with Gasteiger partial charge in [-0.25, -0.2) is 0 Å². The van der Waals surface area contributed by atoms with E-state index in [0.717, 1.165) is 39.3 Å². The van der Waals surface area contributed by atoms with Gasteiger partial charge >= 0.3 is 0 Å². The average Bonchev–Trinajstić information content (AvgIpc) is 3.00. The van der Waals surface area contributed by atoms with Crippen molar-refractivity contribution in [2.45, 2.75) is 12.6 Å². The fourth-order valence-corrected chi connectivity index (χ4v) is 3.28. The fraction of sp³-hybridized carbons (Fsp3) is 0.611. The molecule has 2 fully saturated rings. The first-order valence-corrected chi connectivity index (χ1v) is 8.78. The van der Waals surface area contributed by atoms with Gasteiger partial charge in [0.1, 0.15) is 0 Å². The summed E-state index contributed by atoms with van der Waals surface area (Å²) in [5, 5.41) is 15.8. The summed E-state index contributed by atoms with van der Waals surface area (Å²) in [5.74, 6) is 0.0331. The zero-order valence-corrected chi connectivity index (χ0v) is 16.8. The summed E-state index contributed by atoms with van der Waals surface area (Å²) in [6.07, 6.45) is -0.365.